The molecule has 1 aromatic rings. The van der Waals surface area contributed by atoms with E-state index >= 15 is 0 Å². The van der Waals surface area contributed by atoms with Crippen LogP contribution in [0, 0.1) is 6.92 Å². The Bertz CT molecular complexity index is 435. The molecule has 1 aromatic carbocycles. The number of likely N-dealkylation sites (N-methyl/N-ethyl adjacent to an activating group) is 1. The summed E-state index contributed by atoms with van der Waals surface area (Å²) in [7, 11) is 0. The van der Waals surface area contributed by atoms with Crippen molar-refractivity contribution < 1.29 is 9.53 Å². The number of amides is 1. The summed E-state index contributed by atoms with van der Waals surface area (Å²) in [6.45, 7) is 6.24. The smallest absolute Gasteiger partial charge is 0.253 e. The third-order valence-electron chi connectivity index (χ3n) is 3.41. The van der Waals surface area contributed by atoms with Crippen molar-refractivity contribution in [1.29, 1.82) is 0 Å². The molecule has 4 heteroatoms. The van der Waals surface area contributed by atoms with Gasteiger partial charge in [0.05, 0.1) is 6.10 Å². The van der Waals surface area contributed by atoms with E-state index in [1.165, 1.54) is 0 Å². The molecule has 1 saturated heterocycles. The molecule has 0 spiro atoms. The van der Waals surface area contributed by atoms with Gasteiger partial charge in [0, 0.05) is 29.7 Å². The summed E-state index contributed by atoms with van der Waals surface area (Å²) in [5.74, 6) is 0.0856. The zero-order valence-electron chi connectivity index (χ0n) is 11.5. The third-order valence-corrected chi connectivity index (χ3v) is 3.86. The van der Waals surface area contributed by atoms with Gasteiger partial charge in [-0.05, 0) is 50.5 Å². The Morgan fingerprint density at radius 1 is 1.47 bits per heavy atom. The molecular formula is C15H20BrNO2. The monoisotopic (exact) mass is 325 g/mol. The number of benzene rings is 1. The fourth-order valence-electron chi connectivity index (χ4n) is 2.43. The van der Waals surface area contributed by atoms with Gasteiger partial charge in [0.2, 0.25) is 0 Å². The average molecular weight is 326 g/mol. The summed E-state index contributed by atoms with van der Waals surface area (Å²) in [5.41, 5.74) is 1.83. The molecule has 1 atom stereocenters. The molecule has 1 fully saturated rings. The molecule has 1 amide bonds. The van der Waals surface area contributed by atoms with E-state index in [2.05, 4.69) is 15.9 Å². The first-order chi connectivity index (χ1) is 9.10. The lowest BCUT2D eigenvalue weighted by atomic mass is 10.1. The number of halogens is 1. The summed E-state index contributed by atoms with van der Waals surface area (Å²) in [6, 6.07) is 5.83. The van der Waals surface area contributed by atoms with Gasteiger partial charge < -0.3 is 9.64 Å². The SMILES string of the molecule is CCN(CC1CCCO1)C(=O)c1cc(C)cc(Br)c1. The zero-order valence-corrected chi connectivity index (χ0v) is 13.1. The number of hydrogen-bond acceptors (Lipinski definition) is 2. The molecule has 1 aliphatic heterocycles. The lowest BCUT2D eigenvalue weighted by Crippen LogP contribution is -2.37. The van der Waals surface area contributed by atoms with E-state index in [4.69, 9.17) is 4.74 Å². The molecule has 0 aromatic heterocycles. The van der Waals surface area contributed by atoms with Crippen molar-refractivity contribution in [2.75, 3.05) is 19.7 Å². The maximum Gasteiger partial charge on any atom is 0.253 e. The van der Waals surface area contributed by atoms with Crippen molar-refractivity contribution in [3.05, 3.63) is 33.8 Å². The minimum Gasteiger partial charge on any atom is -0.376 e. The van der Waals surface area contributed by atoms with Crippen LogP contribution in [0.4, 0.5) is 0 Å². The number of carbonyl (C=O) groups is 1. The molecule has 104 valence electrons. The Labute approximate surface area is 123 Å². The van der Waals surface area contributed by atoms with E-state index in [1.54, 1.807) is 0 Å². The molecule has 3 nitrogen and oxygen atoms in total. The van der Waals surface area contributed by atoms with Crippen LogP contribution in [0.15, 0.2) is 22.7 Å². The van der Waals surface area contributed by atoms with Crippen LogP contribution < -0.4 is 0 Å². The fourth-order valence-corrected chi connectivity index (χ4v) is 3.04. The van der Waals surface area contributed by atoms with Crippen LogP contribution in [0.1, 0.15) is 35.7 Å². The van der Waals surface area contributed by atoms with Crippen LogP contribution in [0.2, 0.25) is 0 Å². The number of rotatable bonds is 4. The lowest BCUT2D eigenvalue weighted by molar-refractivity contribution is 0.0539. The third kappa shape index (κ3) is 3.80. The van der Waals surface area contributed by atoms with Gasteiger partial charge in [0.1, 0.15) is 0 Å². The van der Waals surface area contributed by atoms with Crippen LogP contribution in [0.5, 0.6) is 0 Å². The second-order valence-corrected chi connectivity index (χ2v) is 5.91. The number of carbonyl (C=O) groups excluding carboxylic acids is 1. The van der Waals surface area contributed by atoms with Crippen molar-refractivity contribution in [3.63, 3.8) is 0 Å². The van der Waals surface area contributed by atoms with Gasteiger partial charge in [-0.25, -0.2) is 0 Å². The summed E-state index contributed by atoms with van der Waals surface area (Å²) < 4.78 is 6.56. The molecule has 2 rings (SSSR count). The van der Waals surface area contributed by atoms with Gasteiger partial charge in [-0.15, -0.1) is 0 Å². The van der Waals surface area contributed by atoms with E-state index in [1.807, 2.05) is 36.9 Å². The van der Waals surface area contributed by atoms with Crippen molar-refractivity contribution in [1.82, 2.24) is 4.90 Å². The van der Waals surface area contributed by atoms with Gasteiger partial charge in [0.15, 0.2) is 0 Å². The molecule has 0 radical (unpaired) electrons. The second-order valence-electron chi connectivity index (χ2n) is 5.00. The number of ether oxygens (including phenoxy) is 1. The van der Waals surface area contributed by atoms with Crippen LogP contribution in [-0.4, -0.2) is 36.6 Å². The summed E-state index contributed by atoms with van der Waals surface area (Å²) in [4.78, 5) is 14.4. The van der Waals surface area contributed by atoms with E-state index in [0.29, 0.717) is 13.1 Å². The highest BCUT2D eigenvalue weighted by Gasteiger charge is 2.22. The first-order valence-electron chi connectivity index (χ1n) is 6.78. The molecule has 1 heterocycles. The highest BCUT2D eigenvalue weighted by atomic mass is 79.9. The molecule has 0 bridgehead atoms. The van der Waals surface area contributed by atoms with Crippen molar-refractivity contribution >= 4 is 21.8 Å². The van der Waals surface area contributed by atoms with E-state index in [0.717, 1.165) is 35.0 Å². The normalized spacial score (nSPS) is 18.6. The van der Waals surface area contributed by atoms with Crippen molar-refractivity contribution in [3.8, 4) is 0 Å². The molecule has 1 aliphatic rings. The van der Waals surface area contributed by atoms with Gasteiger partial charge in [-0.3, -0.25) is 4.79 Å². The van der Waals surface area contributed by atoms with Crippen LogP contribution in [0.3, 0.4) is 0 Å². The van der Waals surface area contributed by atoms with Gasteiger partial charge in [-0.2, -0.15) is 0 Å². The number of aryl methyl sites for hydroxylation is 1. The summed E-state index contributed by atoms with van der Waals surface area (Å²) in [6.07, 6.45) is 2.37. The maximum absolute atomic E-state index is 12.5. The van der Waals surface area contributed by atoms with Crippen LogP contribution in [-0.2, 0) is 4.74 Å². The predicted octanol–water partition coefficient (Wildman–Crippen LogP) is 3.40. The lowest BCUT2D eigenvalue weighted by Gasteiger charge is -2.24. The van der Waals surface area contributed by atoms with Crippen LogP contribution >= 0.6 is 15.9 Å². The Morgan fingerprint density at radius 3 is 2.84 bits per heavy atom. The van der Waals surface area contributed by atoms with Crippen molar-refractivity contribution in [2.45, 2.75) is 32.8 Å². The largest absolute Gasteiger partial charge is 0.376 e. The Morgan fingerprint density at radius 2 is 2.26 bits per heavy atom. The number of hydrogen-bond donors (Lipinski definition) is 0. The summed E-state index contributed by atoms with van der Waals surface area (Å²) in [5, 5.41) is 0. The van der Waals surface area contributed by atoms with Gasteiger partial charge in [-0.1, -0.05) is 15.9 Å². The highest BCUT2D eigenvalue weighted by molar-refractivity contribution is 9.10. The Hall–Kier alpha value is -0.870. The zero-order chi connectivity index (χ0) is 13.8. The molecule has 19 heavy (non-hydrogen) atoms. The standard InChI is InChI=1S/C15H20BrNO2/c1-3-17(10-14-5-4-6-19-14)15(18)12-7-11(2)8-13(16)9-12/h7-9,14H,3-6,10H2,1-2H3. The predicted molar refractivity (Wildman–Crippen MR) is 79.4 cm³/mol. The minimum atomic E-state index is 0.0856. The van der Waals surface area contributed by atoms with E-state index in [9.17, 15) is 4.79 Å². The topological polar surface area (TPSA) is 29.5 Å². The van der Waals surface area contributed by atoms with Crippen molar-refractivity contribution in [2.24, 2.45) is 0 Å². The second kappa shape index (κ2) is 6.53. The summed E-state index contributed by atoms with van der Waals surface area (Å²) >= 11 is 3.45. The maximum atomic E-state index is 12.5. The average Bonchev–Trinajstić information content (AvgIpc) is 2.86. The Kier molecular flexibility index (Phi) is 4.99. The molecule has 0 N–H and O–H groups in total. The fraction of sp³-hybridized carbons (Fsp3) is 0.533. The highest BCUT2D eigenvalue weighted by Crippen LogP contribution is 2.19. The van der Waals surface area contributed by atoms with Crippen LogP contribution in [0.25, 0.3) is 0 Å². The molecule has 0 aliphatic carbocycles. The van der Waals surface area contributed by atoms with E-state index in [-0.39, 0.29) is 12.0 Å². The molecule has 1 unspecified atom stereocenters. The Balaban J connectivity index is 2.10. The first-order valence-corrected chi connectivity index (χ1v) is 7.57. The molecular weight excluding hydrogens is 306 g/mol. The van der Waals surface area contributed by atoms with Gasteiger partial charge >= 0.3 is 0 Å². The minimum absolute atomic E-state index is 0.0856. The quantitative estimate of drug-likeness (QED) is 0.849. The first kappa shape index (κ1) is 14.5. The number of nitrogens with zero attached hydrogens (tertiary/aromatic N) is 1. The molecule has 0 saturated carbocycles. The van der Waals surface area contributed by atoms with Gasteiger partial charge in [0.25, 0.3) is 5.91 Å². The van der Waals surface area contributed by atoms with E-state index < -0.39 is 0 Å².